The number of carbonyl (C=O) groups is 2. The van der Waals surface area contributed by atoms with Crippen LogP contribution in [-0.4, -0.2) is 36.5 Å². The fourth-order valence-electron chi connectivity index (χ4n) is 3.49. The Morgan fingerprint density at radius 1 is 1.03 bits per heavy atom. The van der Waals surface area contributed by atoms with Gasteiger partial charge in [-0.15, -0.1) is 0 Å². The van der Waals surface area contributed by atoms with Crippen molar-refractivity contribution in [3.8, 4) is 17.2 Å². The number of thioether (sulfide) groups is 1. The highest BCUT2D eigenvalue weighted by atomic mass is 35.5. The first-order valence-electron chi connectivity index (χ1n) is 11.4. The Bertz CT molecular complexity index is 1410. The van der Waals surface area contributed by atoms with Gasteiger partial charge in [-0.05, 0) is 73.2 Å². The van der Waals surface area contributed by atoms with Crippen LogP contribution in [0.3, 0.4) is 0 Å². The number of methoxy groups -OCH3 is 1. The second-order valence-corrected chi connectivity index (χ2v) is 10.3. The fourth-order valence-corrected chi connectivity index (χ4v) is 5.09. The van der Waals surface area contributed by atoms with E-state index < -0.39 is 0 Å². The molecule has 7 nitrogen and oxygen atoms in total. The molecule has 196 valence electrons. The van der Waals surface area contributed by atoms with E-state index in [4.69, 9.17) is 49.6 Å². The quantitative estimate of drug-likeness (QED) is 0.217. The van der Waals surface area contributed by atoms with E-state index >= 15 is 0 Å². The monoisotopic (exact) mass is 588 g/mol. The first-order valence-corrected chi connectivity index (χ1v) is 13.3. The van der Waals surface area contributed by atoms with E-state index in [9.17, 15) is 9.59 Å². The maximum absolute atomic E-state index is 13.1. The number of nitrogens with zero attached hydrogens (tertiary/aromatic N) is 1. The van der Waals surface area contributed by atoms with Crippen molar-refractivity contribution in [3.63, 3.8) is 0 Å². The van der Waals surface area contributed by atoms with E-state index in [2.05, 4.69) is 5.32 Å². The molecule has 0 atom stereocenters. The number of anilines is 2. The maximum Gasteiger partial charge on any atom is 0.270 e. The third-order valence-corrected chi connectivity index (χ3v) is 7.29. The van der Waals surface area contributed by atoms with Crippen LogP contribution in [-0.2, 0) is 9.59 Å². The fraction of sp³-hybridized carbons (Fsp3) is 0.148. The molecular weight excluding hydrogens is 567 g/mol. The lowest BCUT2D eigenvalue weighted by atomic mass is 10.1. The second kappa shape index (κ2) is 12.5. The Balaban J connectivity index is 1.46. The van der Waals surface area contributed by atoms with Crippen LogP contribution in [0.4, 0.5) is 11.4 Å². The maximum atomic E-state index is 13.1. The third-order valence-electron chi connectivity index (χ3n) is 5.25. The summed E-state index contributed by atoms with van der Waals surface area (Å²) in [7, 11) is 1.58. The highest BCUT2D eigenvalue weighted by Crippen LogP contribution is 2.37. The number of benzene rings is 3. The molecule has 0 aromatic heterocycles. The summed E-state index contributed by atoms with van der Waals surface area (Å²) in [5, 5.41) is 3.43. The molecule has 1 N–H and O–H groups in total. The lowest BCUT2D eigenvalue weighted by Gasteiger charge is -2.15. The van der Waals surface area contributed by atoms with Crippen LogP contribution in [0.15, 0.2) is 65.6 Å². The minimum Gasteiger partial charge on any atom is -0.497 e. The molecular formula is C27H22Cl2N2O5S2. The standard InChI is InChI=1S/C27H22Cl2N2O5S2/c1-3-35-23-12-16(4-11-22(23)36-15-25(32)30-17-5-10-20(28)21(29)14-17)13-24-26(33)31(27(37)38-24)18-6-8-19(34-2)9-7-18/h4-14H,3,15H2,1-2H3,(H,30,32)/b24-13-. The number of nitrogens with one attached hydrogen (secondary N) is 1. The number of hydrogen-bond donors (Lipinski definition) is 1. The molecule has 0 saturated carbocycles. The van der Waals surface area contributed by atoms with Crippen molar-refractivity contribution in [2.24, 2.45) is 0 Å². The normalized spacial score (nSPS) is 14.1. The molecule has 0 bridgehead atoms. The molecule has 1 aliphatic rings. The molecule has 3 aromatic carbocycles. The number of rotatable bonds is 9. The van der Waals surface area contributed by atoms with Crippen molar-refractivity contribution in [1.29, 1.82) is 0 Å². The summed E-state index contributed by atoms with van der Waals surface area (Å²) in [4.78, 5) is 27.5. The van der Waals surface area contributed by atoms with Gasteiger partial charge in [0.1, 0.15) is 5.75 Å². The number of ether oxygens (including phenoxy) is 3. The Morgan fingerprint density at radius 3 is 2.47 bits per heavy atom. The van der Waals surface area contributed by atoms with Crippen LogP contribution >= 0.6 is 47.2 Å². The van der Waals surface area contributed by atoms with E-state index in [0.717, 1.165) is 5.56 Å². The molecule has 11 heteroatoms. The van der Waals surface area contributed by atoms with E-state index in [-0.39, 0.29) is 18.4 Å². The Hall–Kier alpha value is -3.24. The number of thiocarbonyl (C=S) groups is 1. The van der Waals surface area contributed by atoms with E-state index in [1.54, 1.807) is 73.8 Å². The van der Waals surface area contributed by atoms with E-state index in [1.807, 2.05) is 6.92 Å². The van der Waals surface area contributed by atoms with Gasteiger partial charge in [-0.25, -0.2) is 0 Å². The Labute approximate surface area is 239 Å². The van der Waals surface area contributed by atoms with Gasteiger partial charge in [-0.3, -0.25) is 14.5 Å². The molecule has 1 saturated heterocycles. The highest BCUT2D eigenvalue weighted by Gasteiger charge is 2.33. The summed E-state index contributed by atoms with van der Waals surface area (Å²) >= 11 is 18.6. The van der Waals surface area contributed by atoms with E-state index in [1.165, 1.54) is 16.7 Å². The zero-order valence-corrected chi connectivity index (χ0v) is 23.5. The molecule has 1 aliphatic heterocycles. The summed E-state index contributed by atoms with van der Waals surface area (Å²) in [6, 6.07) is 17.1. The van der Waals surface area contributed by atoms with Gasteiger partial charge in [0, 0.05) is 5.69 Å². The van der Waals surface area contributed by atoms with Crippen LogP contribution in [0.1, 0.15) is 12.5 Å². The number of amides is 2. The molecule has 1 heterocycles. The summed E-state index contributed by atoms with van der Waals surface area (Å²) < 4.78 is 17.1. The molecule has 4 rings (SSSR count). The number of halogens is 2. The van der Waals surface area contributed by atoms with Crippen molar-refractivity contribution in [2.75, 3.05) is 30.5 Å². The molecule has 2 amide bonds. The zero-order chi connectivity index (χ0) is 27.2. The summed E-state index contributed by atoms with van der Waals surface area (Å²) in [5.41, 5.74) is 1.88. The van der Waals surface area contributed by atoms with Crippen molar-refractivity contribution in [1.82, 2.24) is 0 Å². The second-order valence-electron chi connectivity index (χ2n) is 7.82. The van der Waals surface area contributed by atoms with Crippen LogP contribution < -0.4 is 24.4 Å². The molecule has 0 radical (unpaired) electrons. The first-order chi connectivity index (χ1) is 18.3. The van der Waals surface area contributed by atoms with Crippen LogP contribution in [0, 0.1) is 0 Å². The lowest BCUT2D eigenvalue weighted by Crippen LogP contribution is -2.27. The van der Waals surface area contributed by atoms with Gasteiger partial charge in [-0.1, -0.05) is 53.2 Å². The molecule has 1 fully saturated rings. The van der Waals surface area contributed by atoms with Crippen LogP contribution in [0.5, 0.6) is 17.2 Å². The Kier molecular flexibility index (Phi) is 9.17. The third kappa shape index (κ3) is 6.60. The average molecular weight is 590 g/mol. The average Bonchev–Trinajstić information content (AvgIpc) is 3.18. The van der Waals surface area contributed by atoms with Crippen molar-refractivity contribution >= 4 is 80.8 Å². The molecule has 3 aromatic rings. The molecule has 0 aliphatic carbocycles. The summed E-state index contributed by atoms with van der Waals surface area (Å²) in [5.74, 6) is 0.917. The summed E-state index contributed by atoms with van der Waals surface area (Å²) in [6.07, 6.45) is 1.74. The molecule has 38 heavy (non-hydrogen) atoms. The highest BCUT2D eigenvalue weighted by molar-refractivity contribution is 8.27. The predicted octanol–water partition coefficient (Wildman–Crippen LogP) is 6.82. The van der Waals surface area contributed by atoms with Crippen molar-refractivity contribution < 1.29 is 23.8 Å². The van der Waals surface area contributed by atoms with Gasteiger partial charge in [0.2, 0.25) is 0 Å². The van der Waals surface area contributed by atoms with Gasteiger partial charge in [0.15, 0.2) is 22.4 Å². The summed E-state index contributed by atoms with van der Waals surface area (Å²) in [6.45, 7) is 1.97. The predicted molar refractivity (Wildman–Crippen MR) is 157 cm³/mol. The minimum absolute atomic E-state index is 0.220. The Morgan fingerprint density at radius 2 is 1.79 bits per heavy atom. The van der Waals surface area contributed by atoms with Gasteiger partial charge >= 0.3 is 0 Å². The van der Waals surface area contributed by atoms with Crippen LogP contribution in [0.2, 0.25) is 10.0 Å². The van der Waals surface area contributed by atoms with E-state index in [0.29, 0.717) is 54.5 Å². The van der Waals surface area contributed by atoms with Crippen LogP contribution in [0.25, 0.3) is 6.08 Å². The first kappa shape index (κ1) is 27.8. The van der Waals surface area contributed by atoms with Crippen molar-refractivity contribution in [3.05, 3.63) is 81.2 Å². The SMILES string of the molecule is CCOc1cc(/C=C2\SC(=S)N(c3ccc(OC)cc3)C2=O)ccc1OCC(=O)Nc1ccc(Cl)c(Cl)c1. The number of hydrogen-bond acceptors (Lipinski definition) is 7. The zero-order valence-electron chi connectivity index (χ0n) is 20.3. The molecule has 0 spiro atoms. The minimum atomic E-state index is -0.378. The number of carbonyl (C=O) groups excluding carboxylic acids is 2. The van der Waals surface area contributed by atoms with Gasteiger partial charge < -0.3 is 19.5 Å². The van der Waals surface area contributed by atoms with Gasteiger partial charge in [0.25, 0.3) is 11.8 Å². The van der Waals surface area contributed by atoms with Crippen molar-refractivity contribution in [2.45, 2.75) is 6.92 Å². The lowest BCUT2D eigenvalue weighted by molar-refractivity contribution is -0.118. The largest absolute Gasteiger partial charge is 0.497 e. The van der Waals surface area contributed by atoms with Gasteiger partial charge in [-0.2, -0.15) is 0 Å². The van der Waals surface area contributed by atoms with Gasteiger partial charge in [0.05, 0.1) is 34.4 Å². The molecule has 0 unspecified atom stereocenters. The topological polar surface area (TPSA) is 77.1 Å². The smallest absolute Gasteiger partial charge is 0.270 e.